The van der Waals surface area contributed by atoms with E-state index in [9.17, 15) is 9.59 Å². The molecular formula is C36H55N5O2. The van der Waals surface area contributed by atoms with Gasteiger partial charge in [-0.1, -0.05) is 67.7 Å². The first-order valence-electron chi connectivity index (χ1n) is 16.4. The molecule has 1 aromatic rings. The molecule has 2 heterocycles. The second kappa shape index (κ2) is 25.2. The van der Waals surface area contributed by atoms with Crippen LogP contribution in [0.15, 0.2) is 79.1 Å². The van der Waals surface area contributed by atoms with Gasteiger partial charge in [0, 0.05) is 57.5 Å². The van der Waals surface area contributed by atoms with Crippen molar-refractivity contribution in [2.45, 2.75) is 77.6 Å². The van der Waals surface area contributed by atoms with Gasteiger partial charge in [0.1, 0.15) is 0 Å². The molecule has 0 saturated carbocycles. The van der Waals surface area contributed by atoms with E-state index >= 15 is 0 Å². The number of amides is 2. The van der Waals surface area contributed by atoms with Crippen molar-refractivity contribution in [3.8, 4) is 0 Å². The number of rotatable bonds is 23. The Kier molecular flexibility index (Phi) is 21.1. The molecule has 236 valence electrons. The first kappa shape index (κ1) is 35.9. The van der Waals surface area contributed by atoms with Crippen LogP contribution in [-0.4, -0.2) is 67.5 Å². The van der Waals surface area contributed by atoms with Gasteiger partial charge >= 0.3 is 0 Å². The van der Waals surface area contributed by atoms with E-state index in [1.54, 1.807) is 6.20 Å². The summed E-state index contributed by atoms with van der Waals surface area (Å²) in [6.45, 7) is 7.99. The van der Waals surface area contributed by atoms with Crippen molar-refractivity contribution < 1.29 is 9.59 Å². The molecule has 0 aliphatic carbocycles. The smallest absolute Gasteiger partial charge is 0.252 e. The van der Waals surface area contributed by atoms with Crippen LogP contribution >= 0.6 is 0 Å². The fraction of sp³-hybridized carbons (Fsp3) is 0.528. The molecule has 1 fully saturated rings. The van der Waals surface area contributed by atoms with E-state index in [4.69, 9.17) is 0 Å². The molecule has 0 unspecified atom stereocenters. The number of pyridine rings is 1. The summed E-state index contributed by atoms with van der Waals surface area (Å²) in [5.41, 5.74) is 1.61. The van der Waals surface area contributed by atoms with E-state index in [0.717, 1.165) is 63.6 Å². The molecule has 2 rings (SSSR count). The molecule has 43 heavy (non-hydrogen) atoms. The highest BCUT2D eigenvalue weighted by Crippen LogP contribution is 2.09. The lowest BCUT2D eigenvalue weighted by molar-refractivity contribution is -0.121. The Morgan fingerprint density at radius 2 is 1.40 bits per heavy atom. The first-order chi connectivity index (χ1) is 21.2. The second-order valence-electron chi connectivity index (χ2n) is 10.8. The minimum absolute atomic E-state index is 0.0823. The van der Waals surface area contributed by atoms with Crippen LogP contribution in [0.2, 0.25) is 0 Å². The van der Waals surface area contributed by atoms with Crippen LogP contribution in [0.25, 0.3) is 0 Å². The van der Waals surface area contributed by atoms with Gasteiger partial charge in [0.15, 0.2) is 0 Å². The minimum atomic E-state index is -0.110. The Balaban J connectivity index is 1.37. The molecule has 7 nitrogen and oxygen atoms in total. The molecule has 7 heteroatoms. The number of carbonyl (C=O) groups excluding carboxylic acids is 2. The maximum Gasteiger partial charge on any atom is 0.252 e. The molecule has 2 amide bonds. The van der Waals surface area contributed by atoms with E-state index < -0.39 is 0 Å². The number of allylic oxidation sites excluding steroid dienone is 10. The van der Waals surface area contributed by atoms with E-state index in [1.165, 1.54) is 25.9 Å². The van der Waals surface area contributed by atoms with Crippen molar-refractivity contribution in [3.63, 3.8) is 0 Å². The zero-order valence-electron chi connectivity index (χ0n) is 26.4. The Morgan fingerprint density at radius 3 is 2.00 bits per heavy atom. The molecule has 0 atom stereocenters. The minimum Gasteiger partial charge on any atom is -0.355 e. The highest BCUT2D eigenvalue weighted by atomic mass is 16.2. The number of aromatic nitrogens is 1. The summed E-state index contributed by atoms with van der Waals surface area (Å²) in [6, 6.07) is 3.81. The van der Waals surface area contributed by atoms with E-state index in [0.29, 0.717) is 38.2 Å². The standard InChI is InChI=1S/C36H55N5O2/c1-2-3-4-5-6-7-8-9-10-11-12-13-14-15-16-17-18-21-35(42)38-27-25-37-26-28-39-36(43)33-22-23-34(40-32-33)24-31-41-29-19-20-30-41/h3-4,6-7,9-10,12-13,15-16,22-23,32,37H,2,5,8,11,14,17-21,24-31H2,1H3,(H,38,42)(H,39,43)/b4-3-,7-6-,10-9-,13-12-,16-15-. The molecule has 1 aromatic heterocycles. The van der Waals surface area contributed by atoms with E-state index in [1.807, 2.05) is 12.1 Å². The molecule has 0 spiro atoms. The Hall–Kier alpha value is -3.29. The Morgan fingerprint density at radius 1 is 0.791 bits per heavy atom. The average Bonchev–Trinajstić information content (AvgIpc) is 3.55. The van der Waals surface area contributed by atoms with Crippen molar-refractivity contribution in [3.05, 3.63) is 90.3 Å². The third kappa shape index (κ3) is 19.5. The van der Waals surface area contributed by atoms with Gasteiger partial charge in [0.2, 0.25) is 5.91 Å². The van der Waals surface area contributed by atoms with Crippen LogP contribution in [0.5, 0.6) is 0 Å². The zero-order chi connectivity index (χ0) is 30.6. The SMILES string of the molecule is CC/C=C\C/C=C\C/C=C\C/C=C\C/C=C\CCCC(=O)NCCNCCNC(=O)c1ccc(CCN2CCCC2)nc1. The Labute approximate surface area is 260 Å². The van der Waals surface area contributed by atoms with Crippen LogP contribution < -0.4 is 16.0 Å². The topological polar surface area (TPSA) is 86.4 Å². The van der Waals surface area contributed by atoms with Crippen molar-refractivity contribution in [2.75, 3.05) is 45.8 Å². The van der Waals surface area contributed by atoms with Gasteiger partial charge in [-0.15, -0.1) is 0 Å². The van der Waals surface area contributed by atoms with Crippen LogP contribution in [0.4, 0.5) is 0 Å². The van der Waals surface area contributed by atoms with E-state index in [-0.39, 0.29) is 11.8 Å². The maximum atomic E-state index is 12.3. The number of unbranched alkanes of at least 4 members (excludes halogenated alkanes) is 1. The molecule has 1 aliphatic heterocycles. The van der Waals surface area contributed by atoms with Gasteiger partial charge in [-0.05, 0) is 83.0 Å². The third-order valence-corrected chi connectivity index (χ3v) is 7.11. The summed E-state index contributed by atoms with van der Waals surface area (Å²) >= 11 is 0. The molecule has 3 N–H and O–H groups in total. The van der Waals surface area contributed by atoms with Crippen molar-refractivity contribution in [1.82, 2.24) is 25.8 Å². The highest BCUT2D eigenvalue weighted by molar-refractivity contribution is 5.93. The quantitative estimate of drug-likeness (QED) is 0.106. The lowest BCUT2D eigenvalue weighted by Gasteiger charge is -2.13. The van der Waals surface area contributed by atoms with Crippen molar-refractivity contribution in [1.29, 1.82) is 0 Å². The number of likely N-dealkylation sites (tertiary alicyclic amines) is 1. The van der Waals surface area contributed by atoms with Gasteiger partial charge in [-0.3, -0.25) is 14.6 Å². The lowest BCUT2D eigenvalue weighted by atomic mass is 10.2. The largest absolute Gasteiger partial charge is 0.355 e. The zero-order valence-corrected chi connectivity index (χ0v) is 26.4. The van der Waals surface area contributed by atoms with Crippen molar-refractivity contribution >= 4 is 11.8 Å². The summed E-state index contributed by atoms with van der Waals surface area (Å²) < 4.78 is 0. The van der Waals surface area contributed by atoms with Gasteiger partial charge in [-0.2, -0.15) is 0 Å². The van der Waals surface area contributed by atoms with Crippen LogP contribution in [0, 0.1) is 0 Å². The van der Waals surface area contributed by atoms with Crippen LogP contribution in [-0.2, 0) is 11.2 Å². The molecule has 0 bridgehead atoms. The lowest BCUT2D eigenvalue weighted by Crippen LogP contribution is -2.36. The summed E-state index contributed by atoms with van der Waals surface area (Å²) in [7, 11) is 0. The Bertz CT molecular complexity index is 1020. The number of nitrogens with zero attached hydrogens (tertiary/aromatic N) is 2. The maximum absolute atomic E-state index is 12.3. The van der Waals surface area contributed by atoms with Gasteiger partial charge in [-0.25, -0.2) is 0 Å². The predicted molar refractivity (Wildman–Crippen MR) is 180 cm³/mol. The number of carbonyl (C=O) groups is 2. The summed E-state index contributed by atoms with van der Waals surface area (Å²) in [6.07, 6.45) is 34.4. The molecule has 0 aromatic carbocycles. The fourth-order valence-electron chi connectivity index (χ4n) is 4.60. The normalized spacial score (nSPS) is 14.3. The van der Waals surface area contributed by atoms with E-state index in [2.05, 4.69) is 93.5 Å². The monoisotopic (exact) mass is 589 g/mol. The molecular weight excluding hydrogens is 534 g/mol. The first-order valence-corrected chi connectivity index (χ1v) is 16.4. The summed E-state index contributed by atoms with van der Waals surface area (Å²) in [5, 5.41) is 9.11. The summed E-state index contributed by atoms with van der Waals surface area (Å²) in [4.78, 5) is 31.3. The van der Waals surface area contributed by atoms with Crippen molar-refractivity contribution in [2.24, 2.45) is 0 Å². The number of hydrogen-bond acceptors (Lipinski definition) is 5. The molecule has 1 saturated heterocycles. The number of hydrogen-bond donors (Lipinski definition) is 3. The highest BCUT2D eigenvalue weighted by Gasteiger charge is 2.11. The van der Waals surface area contributed by atoms with Gasteiger partial charge < -0.3 is 20.9 Å². The van der Waals surface area contributed by atoms with Crippen LogP contribution in [0.1, 0.15) is 87.2 Å². The summed E-state index contributed by atoms with van der Waals surface area (Å²) in [5.74, 6) is -0.0277. The number of nitrogens with one attached hydrogen (secondary N) is 3. The third-order valence-electron chi connectivity index (χ3n) is 7.11. The van der Waals surface area contributed by atoms with Gasteiger partial charge in [0.05, 0.1) is 5.56 Å². The average molecular weight is 590 g/mol. The fourth-order valence-corrected chi connectivity index (χ4v) is 4.60. The second-order valence-corrected chi connectivity index (χ2v) is 10.8. The molecule has 1 aliphatic rings. The molecule has 0 radical (unpaired) electrons. The van der Waals surface area contributed by atoms with Gasteiger partial charge in [0.25, 0.3) is 5.91 Å². The predicted octanol–water partition coefficient (Wildman–Crippen LogP) is 6.08. The van der Waals surface area contributed by atoms with Crippen LogP contribution in [0.3, 0.4) is 0 Å².